The zero-order valence-electron chi connectivity index (χ0n) is 9.25. The van der Waals surface area contributed by atoms with E-state index in [9.17, 15) is 4.39 Å². The Labute approximate surface area is 109 Å². The van der Waals surface area contributed by atoms with E-state index < -0.39 is 0 Å². The van der Waals surface area contributed by atoms with Gasteiger partial charge in [-0.05, 0) is 30.0 Å². The van der Waals surface area contributed by atoms with Crippen molar-refractivity contribution in [3.63, 3.8) is 0 Å². The molecule has 4 heteroatoms. The Bertz CT molecular complexity index is 450. The number of hydrogen-bond acceptors (Lipinski definition) is 2. The predicted octanol–water partition coefficient (Wildman–Crippen LogP) is 3.87. The first-order chi connectivity index (χ1) is 8.27. The Morgan fingerprint density at radius 1 is 1.24 bits per heavy atom. The van der Waals surface area contributed by atoms with Crippen LogP contribution in [0.1, 0.15) is 10.4 Å². The van der Waals surface area contributed by atoms with Crippen molar-refractivity contribution in [1.82, 2.24) is 5.32 Å². The van der Waals surface area contributed by atoms with Crippen LogP contribution < -0.4 is 5.32 Å². The van der Waals surface area contributed by atoms with Crippen molar-refractivity contribution in [2.75, 3.05) is 6.54 Å². The summed E-state index contributed by atoms with van der Waals surface area (Å²) in [6, 6.07) is 8.89. The van der Waals surface area contributed by atoms with Crippen LogP contribution >= 0.6 is 22.9 Å². The highest BCUT2D eigenvalue weighted by Crippen LogP contribution is 2.18. The second kappa shape index (κ2) is 6.15. The Morgan fingerprint density at radius 3 is 2.82 bits per heavy atom. The summed E-state index contributed by atoms with van der Waals surface area (Å²) in [7, 11) is 0. The molecule has 0 amide bonds. The van der Waals surface area contributed by atoms with E-state index in [-0.39, 0.29) is 5.82 Å². The molecule has 1 N–H and O–H groups in total. The maximum absolute atomic E-state index is 13.4. The van der Waals surface area contributed by atoms with Crippen LogP contribution in [0.5, 0.6) is 0 Å². The molecule has 0 bridgehead atoms. The van der Waals surface area contributed by atoms with Gasteiger partial charge in [0.25, 0.3) is 0 Å². The lowest BCUT2D eigenvalue weighted by Gasteiger charge is -2.07. The lowest BCUT2D eigenvalue weighted by atomic mass is 10.2. The summed E-state index contributed by atoms with van der Waals surface area (Å²) < 4.78 is 13.4. The summed E-state index contributed by atoms with van der Waals surface area (Å²) >= 11 is 7.67. The van der Waals surface area contributed by atoms with Gasteiger partial charge in [-0.15, -0.1) is 11.3 Å². The van der Waals surface area contributed by atoms with Crippen LogP contribution in [0.3, 0.4) is 0 Å². The monoisotopic (exact) mass is 269 g/mol. The van der Waals surface area contributed by atoms with Crippen LogP contribution in [-0.4, -0.2) is 6.54 Å². The molecular weight excluding hydrogens is 257 g/mol. The van der Waals surface area contributed by atoms with Gasteiger partial charge in [-0.25, -0.2) is 4.39 Å². The van der Waals surface area contributed by atoms with Gasteiger partial charge in [-0.2, -0.15) is 0 Å². The van der Waals surface area contributed by atoms with Crippen LogP contribution in [0.2, 0.25) is 5.02 Å². The Morgan fingerprint density at radius 2 is 2.12 bits per heavy atom. The van der Waals surface area contributed by atoms with Gasteiger partial charge in [0.2, 0.25) is 0 Å². The van der Waals surface area contributed by atoms with Crippen molar-refractivity contribution in [2.24, 2.45) is 0 Å². The normalized spacial score (nSPS) is 10.7. The third-order valence-corrected chi connectivity index (χ3v) is 3.78. The van der Waals surface area contributed by atoms with Gasteiger partial charge in [0, 0.05) is 28.6 Å². The maximum atomic E-state index is 13.4. The average Bonchev–Trinajstić information content (AvgIpc) is 2.80. The summed E-state index contributed by atoms with van der Waals surface area (Å²) in [5.41, 5.74) is 0.542. The smallest absolute Gasteiger partial charge is 0.129 e. The van der Waals surface area contributed by atoms with E-state index in [1.165, 1.54) is 10.9 Å². The molecule has 2 aromatic rings. The molecule has 0 aliphatic heterocycles. The molecule has 0 unspecified atom stereocenters. The number of hydrogen-bond donors (Lipinski definition) is 1. The molecule has 0 saturated heterocycles. The predicted molar refractivity (Wildman–Crippen MR) is 71.1 cm³/mol. The zero-order valence-corrected chi connectivity index (χ0v) is 10.8. The molecule has 1 heterocycles. The van der Waals surface area contributed by atoms with Crippen LogP contribution in [0.4, 0.5) is 4.39 Å². The highest BCUT2D eigenvalue weighted by atomic mass is 35.5. The maximum Gasteiger partial charge on any atom is 0.129 e. The fraction of sp³-hybridized carbons (Fsp3) is 0.231. The Kier molecular flexibility index (Phi) is 4.54. The minimum absolute atomic E-state index is 0.249. The lowest BCUT2D eigenvalue weighted by molar-refractivity contribution is 0.589. The van der Waals surface area contributed by atoms with Crippen molar-refractivity contribution >= 4 is 22.9 Å². The van der Waals surface area contributed by atoms with Crippen LogP contribution in [-0.2, 0) is 13.0 Å². The quantitative estimate of drug-likeness (QED) is 0.813. The molecule has 0 radical (unpaired) electrons. The summed E-state index contributed by atoms with van der Waals surface area (Å²) in [5, 5.41) is 5.74. The van der Waals surface area contributed by atoms with E-state index in [0.29, 0.717) is 17.1 Å². The second-order valence-electron chi connectivity index (χ2n) is 3.71. The average molecular weight is 270 g/mol. The van der Waals surface area contributed by atoms with E-state index in [1.54, 1.807) is 23.5 Å². The van der Waals surface area contributed by atoms with Gasteiger partial charge in [0.05, 0.1) is 0 Å². The standard InChI is InChI=1S/C13H13ClFNS/c14-12-4-1-5-13(15)11(12)9-16-7-6-10-3-2-8-17-10/h1-5,8,16H,6-7,9H2. The van der Waals surface area contributed by atoms with Crippen molar-refractivity contribution < 1.29 is 4.39 Å². The topological polar surface area (TPSA) is 12.0 Å². The number of halogens is 2. The highest BCUT2D eigenvalue weighted by Gasteiger charge is 2.05. The summed E-state index contributed by atoms with van der Waals surface area (Å²) in [6.45, 7) is 1.29. The van der Waals surface area contributed by atoms with Gasteiger partial charge >= 0.3 is 0 Å². The third-order valence-electron chi connectivity index (χ3n) is 2.49. The SMILES string of the molecule is Fc1cccc(Cl)c1CNCCc1cccs1. The van der Waals surface area contributed by atoms with Crippen LogP contribution in [0.15, 0.2) is 35.7 Å². The zero-order chi connectivity index (χ0) is 12.1. The molecular formula is C13H13ClFNS. The van der Waals surface area contributed by atoms with Crippen molar-refractivity contribution in [3.05, 3.63) is 57.0 Å². The molecule has 1 aromatic carbocycles. The number of nitrogens with one attached hydrogen (secondary N) is 1. The molecule has 17 heavy (non-hydrogen) atoms. The van der Waals surface area contributed by atoms with Crippen LogP contribution in [0, 0.1) is 5.82 Å². The molecule has 1 aromatic heterocycles. The van der Waals surface area contributed by atoms with E-state index >= 15 is 0 Å². The summed E-state index contributed by atoms with van der Waals surface area (Å²) in [4.78, 5) is 1.33. The second-order valence-corrected chi connectivity index (χ2v) is 5.15. The van der Waals surface area contributed by atoms with Crippen molar-refractivity contribution in [1.29, 1.82) is 0 Å². The largest absolute Gasteiger partial charge is 0.312 e. The molecule has 0 fully saturated rings. The Hall–Kier alpha value is -0.900. The van der Waals surface area contributed by atoms with Crippen molar-refractivity contribution in [3.8, 4) is 0 Å². The fourth-order valence-corrected chi connectivity index (χ4v) is 2.52. The molecule has 0 aliphatic rings. The minimum atomic E-state index is -0.249. The van der Waals surface area contributed by atoms with Crippen LogP contribution in [0.25, 0.3) is 0 Å². The molecule has 0 saturated carbocycles. The van der Waals surface area contributed by atoms with Gasteiger partial charge in [-0.1, -0.05) is 23.7 Å². The van der Waals surface area contributed by atoms with Gasteiger partial charge < -0.3 is 5.32 Å². The molecule has 0 atom stereocenters. The van der Waals surface area contributed by atoms with E-state index in [2.05, 4.69) is 16.8 Å². The number of thiophene rings is 1. The summed E-state index contributed by atoms with van der Waals surface area (Å²) in [6.07, 6.45) is 0.962. The number of benzene rings is 1. The first-order valence-corrected chi connectivity index (χ1v) is 6.69. The molecule has 0 aliphatic carbocycles. The molecule has 2 rings (SSSR count). The lowest BCUT2D eigenvalue weighted by Crippen LogP contribution is -2.17. The molecule has 1 nitrogen and oxygen atoms in total. The molecule has 0 spiro atoms. The first kappa shape index (κ1) is 12.6. The minimum Gasteiger partial charge on any atom is -0.312 e. The highest BCUT2D eigenvalue weighted by molar-refractivity contribution is 7.09. The Balaban J connectivity index is 1.82. The van der Waals surface area contributed by atoms with Gasteiger partial charge in [0.1, 0.15) is 5.82 Å². The fourth-order valence-electron chi connectivity index (χ4n) is 1.58. The van der Waals surface area contributed by atoms with Crippen molar-refractivity contribution in [2.45, 2.75) is 13.0 Å². The molecule has 90 valence electrons. The van der Waals surface area contributed by atoms with E-state index in [0.717, 1.165) is 13.0 Å². The van der Waals surface area contributed by atoms with E-state index in [4.69, 9.17) is 11.6 Å². The van der Waals surface area contributed by atoms with Gasteiger partial charge in [-0.3, -0.25) is 0 Å². The van der Waals surface area contributed by atoms with Gasteiger partial charge in [0.15, 0.2) is 0 Å². The first-order valence-electron chi connectivity index (χ1n) is 5.43. The number of rotatable bonds is 5. The summed E-state index contributed by atoms with van der Waals surface area (Å²) in [5.74, 6) is -0.249. The van der Waals surface area contributed by atoms with E-state index in [1.807, 2.05) is 6.07 Å². The third kappa shape index (κ3) is 3.53.